The highest BCUT2D eigenvalue weighted by atomic mass is 32.2. The average molecular weight is 541 g/mol. The standard InChI is InChI=1S/C25H25FN6O5S/c26-21-9-8-18(29-38(35,36)23-7-2-1-6-22(23)32(33)34)16-19(21)20-17-27-31-14-10-24(28-25(20)31)37-15-5-13-30-11-3-4-12-30/h1-2,6-10,14,16-17,29H,3-5,11-13,15H2. The Morgan fingerprint density at radius 3 is 2.68 bits per heavy atom. The highest BCUT2D eigenvalue weighted by Gasteiger charge is 2.26. The number of fused-ring (bicyclic) bond motifs is 1. The molecule has 0 amide bonds. The molecule has 38 heavy (non-hydrogen) atoms. The number of rotatable bonds is 10. The van der Waals surface area contributed by atoms with Crippen molar-refractivity contribution < 1.29 is 22.5 Å². The van der Waals surface area contributed by atoms with Gasteiger partial charge >= 0.3 is 0 Å². The summed E-state index contributed by atoms with van der Waals surface area (Å²) in [5.41, 5.74) is 0.174. The summed E-state index contributed by atoms with van der Waals surface area (Å²) in [5, 5.41) is 15.5. The second-order valence-corrected chi connectivity index (χ2v) is 10.5. The van der Waals surface area contributed by atoms with Crippen LogP contribution in [0.5, 0.6) is 5.88 Å². The van der Waals surface area contributed by atoms with E-state index in [4.69, 9.17) is 4.74 Å². The van der Waals surface area contributed by atoms with Gasteiger partial charge in [0.25, 0.3) is 15.7 Å². The number of halogens is 1. The largest absolute Gasteiger partial charge is 0.478 e. The maximum atomic E-state index is 14.9. The number of ether oxygens (including phenoxy) is 1. The van der Waals surface area contributed by atoms with Crippen LogP contribution < -0.4 is 9.46 Å². The van der Waals surface area contributed by atoms with Gasteiger partial charge in [-0.3, -0.25) is 14.8 Å². The molecule has 11 nitrogen and oxygen atoms in total. The van der Waals surface area contributed by atoms with Gasteiger partial charge in [0.05, 0.1) is 17.7 Å². The van der Waals surface area contributed by atoms with Crippen molar-refractivity contribution in [1.29, 1.82) is 0 Å². The van der Waals surface area contributed by atoms with Crippen molar-refractivity contribution in [3.8, 4) is 17.0 Å². The molecule has 0 unspecified atom stereocenters. The zero-order valence-corrected chi connectivity index (χ0v) is 21.1. The van der Waals surface area contributed by atoms with Crippen LogP contribution in [0.25, 0.3) is 16.8 Å². The lowest BCUT2D eigenvalue weighted by molar-refractivity contribution is -0.387. The van der Waals surface area contributed by atoms with Gasteiger partial charge in [-0.15, -0.1) is 0 Å². The summed E-state index contributed by atoms with van der Waals surface area (Å²) in [5.74, 6) is -0.249. The molecule has 1 aliphatic rings. The molecular formula is C25H25FN6O5S. The van der Waals surface area contributed by atoms with Crippen LogP contribution >= 0.6 is 0 Å². The summed E-state index contributed by atoms with van der Waals surface area (Å²) >= 11 is 0. The second kappa shape index (κ2) is 10.7. The van der Waals surface area contributed by atoms with Gasteiger partial charge in [0.1, 0.15) is 5.82 Å². The fourth-order valence-corrected chi connectivity index (χ4v) is 5.66. The number of hydrogen-bond acceptors (Lipinski definition) is 8. The zero-order valence-electron chi connectivity index (χ0n) is 20.3. The predicted octanol–water partition coefficient (Wildman–Crippen LogP) is 4.11. The first-order valence-electron chi connectivity index (χ1n) is 12.1. The van der Waals surface area contributed by atoms with Crippen LogP contribution in [0.15, 0.2) is 65.8 Å². The van der Waals surface area contributed by atoms with Gasteiger partial charge in [0.2, 0.25) is 5.88 Å². The molecule has 198 valence electrons. The lowest BCUT2D eigenvalue weighted by atomic mass is 10.1. The maximum Gasteiger partial charge on any atom is 0.289 e. The first-order valence-corrected chi connectivity index (χ1v) is 13.6. The van der Waals surface area contributed by atoms with Crippen molar-refractivity contribution in [2.45, 2.75) is 24.2 Å². The van der Waals surface area contributed by atoms with Crippen molar-refractivity contribution in [3.63, 3.8) is 0 Å². The summed E-state index contributed by atoms with van der Waals surface area (Å²) in [6, 6.07) is 10.3. The fourth-order valence-electron chi connectivity index (χ4n) is 4.43. The van der Waals surface area contributed by atoms with E-state index in [-0.39, 0.29) is 11.3 Å². The van der Waals surface area contributed by atoms with Gasteiger partial charge in [-0.05, 0) is 56.6 Å². The number of benzene rings is 2. The van der Waals surface area contributed by atoms with Gasteiger partial charge in [0.15, 0.2) is 10.5 Å². The number of likely N-dealkylation sites (tertiary alicyclic amines) is 1. The fraction of sp³-hybridized carbons (Fsp3) is 0.280. The summed E-state index contributed by atoms with van der Waals surface area (Å²) in [6.45, 7) is 3.68. The third-order valence-electron chi connectivity index (χ3n) is 6.27. The molecule has 4 aromatic rings. The summed E-state index contributed by atoms with van der Waals surface area (Å²) < 4.78 is 50.3. The number of nitrogens with one attached hydrogen (secondary N) is 1. The van der Waals surface area contributed by atoms with E-state index in [0.29, 0.717) is 23.7 Å². The third-order valence-corrected chi connectivity index (χ3v) is 7.70. The maximum absolute atomic E-state index is 14.9. The van der Waals surface area contributed by atoms with Crippen LogP contribution in [0.4, 0.5) is 15.8 Å². The molecule has 2 aromatic carbocycles. The van der Waals surface area contributed by atoms with Crippen molar-refractivity contribution in [1.82, 2.24) is 19.5 Å². The van der Waals surface area contributed by atoms with E-state index in [1.54, 1.807) is 12.3 Å². The van der Waals surface area contributed by atoms with Crippen LogP contribution in [0, 0.1) is 15.9 Å². The molecule has 0 aliphatic carbocycles. The van der Waals surface area contributed by atoms with Gasteiger partial charge in [0, 0.05) is 41.7 Å². The van der Waals surface area contributed by atoms with Crippen molar-refractivity contribution in [2.24, 2.45) is 0 Å². The molecule has 13 heteroatoms. The molecule has 1 N–H and O–H groups in total. The first kappa shape index (κ1) is 25.5. The predicted molar refractivity (Wildman–Crippen MR) is 138 cm³/mol. The van der Waals surface area contributed by atoms with E-state index < -0.39 is 31.3 Å². The number of para-hydroxylation sites is 1. The molecule has 0 spiro atoms. The Morgan fingerprint density at radius 1 is 1.11 bits per heavy atom. The lowest BCUT2D eigenvalue weighted by Gasteiger charge is -2.14. The summed E-state index contributed by atoms with van der Waals surface area (Å²) in [4.78, 5) is 16.9. The van der Waals surface area contributed by atoms with E-state index in [0.717, 1.165) is 44.3 Å². The molecule has 0 atom stereocenters. The molecule has 1 aliphatic heterocycles. The topological polar surface area (TPSA) is 132 Å². The van der Waals surface area contributed by atoms with Gasteiger partial charge in [-0.1, -0.05) is 12.1 Å². The van der Waals surface area contributed by atoms with Crippen LogP contribution in [-0.4, -0.2) is 59.1 Å². The first-order chi connectivity index (χ1) is 18.3. The highest BCUT2D eigenvalue weighted by Crippen LogP contribution is 2.31. The molecular weight excluding hydrogens is 515 g/mol. The molecule has 1 saturated heterocycles. The van der Waals surface area contributed by atoms with Gasteiger partial charge in [-0.2, -0.15) is 10.1 Å². The molecule has 1 fully saturated rings. The molecule has 5 rings (SSSR count). The third kappa shape index (κ3) is 5.43. The Morgan fingerprint density at radius 2 is 1.89 bits per heavy atom. The highest BCUT2D eigenvalue weighted by molar-refractivity contribution is 7.92. The van der Waals surface area contributed by atoms with Crippen LogP contribution in [0.2, 0.25) is 0 Å². The smallest absolute Gasteiger partial charge is 0.289 e. The molecule has 3 heterocycles. The van der Waals surface area contributed by atoms with E-state index in [1.807, 2.05) is 0 Å². The molecule has 2 aromatic heterocycles. The van der Waals surface area contributed by atoms with Gasteiger partial charge in [-0.25, -0.2) is 17.3 Å². The minimum atomic E-state index is -4.33. The number of aromatic nitrogens is 3. The Hall–Kier alpha value is -4.10. The van der Waals surface area contributed by atoms with E-state index >= 15 is 0 Å². The Balaban J connectivity index is 1.38. The Kier molecular flexibility index (Phi) is 7.20. The monoisotopic (exact) mass is 540 g/mol. The quantitative estimate of drug-likeness (QED) is 0.181. The zero-order chi connectivity index (χ0) is 26.7. The summed E-state index contributed by atoms with van der Waals surface area (Å²) in [6.07, 6.45) is 6.40. The molecule has 0 bridgehead atoms. The van der Waals surface area contributed by atoms with Crippen molar-refractivity contribution in [2.75, 3.05) is 31.0 Å². The van der Waals surface area contributed by atoms with E-state index in [1.165, 1.54) is 47.8 Å². The second-order valence-electron chi connectivity index (χ2n) is 8.87. The SMILES string of the molecule is O=[N+]([O-])c1ccccc1S(=O)(=O)Nc1ccc(F)c(-c2cnn3ccc(OCCCN4CCCC4)nc23)c1. The molecule has 0 saturated carbocycles. The van der Waals surface area contributed by atoms with E-state index in [9.17, 15) is 22.9 Å². The number of anilines is 1. The van der Waals surface area contributed by atoms with Crippen molar-refractivity contribution >= 4 is 27.0 Å². The van der Waals surface area contributed by atoms with Crippen molar-refractivity contribution in [3.05, 3.63) is 76.9 Å². The van der Waals surface area contributed by atoms with E-state index in [2.05, 4.69) is 19.7 Å². The number of nitro groups is 1. The minimum absolute atomic E-state index is 0.0215. The van der Waals surface area contributed by atoms with Crippen LogP contribution in [-0.2, 0) is 10.0 Å². The normalized spacial score (nSPS) is 14.1. The Labute approximate surface area is 218 Å². The average Bonchev–Trinajstić information content (AvgIpc) is 3.57. The lowest BCUT2D eigenvalue weighted by Crippen LogP contribution is -2.22. The minimum Gasteiger partial charge on any atom is -0.478 e. The van der Waals surface area contributed by atoms with Crippen LogP contribution in [0.1, 0.15) is 19.3 Å². The molecule has 0 radical (unpaired) electrons. The number of sulfonamides is 1. The summed E-state index contributed by atoms with van der Waals surface area (Å²) in [7, 11) is -4.33. The van der Waals surface area contributed by atoms with Gasteiger partial charge < -0.3 is 9.64 Å². The Bertz CT molecular complexity index is 1590. The number of nitro benzene ring substituents is 1. The number of nitrogens with zero attached hydrogens (tertiary/aromatic N) is 5. The van der Waals surface area contributed by atoms with Crippen LogP contribution in [0.3, 0.4) is 0 Å². The number of hydrogen-bond donors (Lipinski definition) is 1.